The Morgan fingerprint density at radius 1 is 1.16 bits per heavy atom. The van der Waals surface area contributed by atoms with Gasteiger partial charge in [0.2, 0.25) is 0 Å². The molecule has 32 heavy (non-hydrogen) atoms. The van der Waals surface area contributed by atoms with E-state index in [2.05, 4.69) is 16.7 Å². The van der Waals surface area contributed by atoms with Gasteiger partial charge < -0.3 is 14.7 Å². The summed E-state index contributed by atoms with van der Waals surface area (Å²) in [5, 5.41) is 12.1. The fraction of sp³-hybridized carbons (Fsp3) is 0.565. The first kappa shape index (κ1) is 23.7. The number of nitrogens with zero attached hydrogens (tertiary/aromatic N) is 3. The van der Waals surface area contributed by atoms with Crippen LogP contribution in [0.3, 0.4) is 0 Å². The number of anilines is 1. The van der Waals surface area contributed by atoms with E-state index in [0.29, 0.717) is 43.1 Å². The van der Waals surface area contributed by atoms with Crippen molar-refractivity contribution in [2.24, 2.45) is 0 Å². The molecule has 176 valence electrons. The van der Waals surface area contributed by atoms with Gasteiger partial charge >= 0.3 is 0 Å². The Kier molecular flexibility index (Phi) is 6.95. The maximum atomic E-state index is 13.2. The van der Waals surface area contributed by atoms with E-state index in [0.717, 1.165) is 24.3 Å². The molecule has 2 aromatic rings. The summed E-state index contributed by atoms with van der Waals surface area (Å²) < 4.78 is 34.0. The molecular weight excluding hydrogens is 446 g/mol. The molecule has 1 aromatic carbocycles. The first-order valence-corrected chi connectivity index (χ1v) is 13.4. The monoisotopic (exact) mass is 479 g/mol. The Balaban J connectivity index is 1.59. The number of rotatable bonds is 6. The lowest BCUT2D eigenvalue weighted by Crippen LogP contribution is -2.60. The van der Waals surface area contributed by atoms with Crippen molar-refractivity contribution < 1.29 is 18.3 Å². The largest absolute Gasteiger partial charge is 0.386 e. The van der Waals surface area contributed by atoms with Gasteiger partial charge in [0.1, 0.15) is 4.21 Å². The zero-order valence-corrected chi connectivity index (χ0v) is 20.6. The van der Waals surface area contributed by atoms with Crippen LogP contribution in [0.2, 0.25) is 0 Å². The number of ether oxygens (including phenoxy) is 1. The van der Waals surface area contributed by atoms with Crippen molar-refractivity contribution in [3.63, 3.8) is 0 Å². The van der Waals surface area contributed by atoms with Crippen LogP contribution in [0.1, 0.15) is 26.3 Å². The Bertz CT molecular complexity index is 987. The molecule has 0 amide bonds. The minimum Gasteiger partial charge on any atom is -0.386 e. The molecule has 0 radical (unpaired) electrons. The lowest BCUT2D eigenvalue weighted by molar-refractivity contribution is -0.00446. The third-order valence-corrected chi connectivity index (χ3v) is 9.63. The lowest BCUT2D eigenvalue weighted by atomic mass is 9.98. The summed E-state index contributed by atoms with van der Waals surface area (Å²) in [5.41, 5.74) is 1.02. The molecule has 1 aromatic heterocycles. The lowest BCUT2D eigenvalue weighted by Gasteiger charge is -2.45. The first-order chi connectivity index (χ1) is 15.2. The molecule has 2 aliphatic heterocycles. The number of sulfonamides is 1. The standard InChI is InChI=1S/C23H33N3O4S2/c1-18-17-30-13-12-24(18)15-21-16-25(32(28,29)22-5-4-14-31-22)10-11-26(21)20-8-6-19(7-9-20)23(2,3)27/h4-9,14,18,21,27H,10-13,15-17H2,1-3H3/t18-,21?/m0/s1. The van der Waals surface area contributed by atoms with Crippen molar-refractivity contribution in [2.75, 3.05) is 50.8 Å². The molecule has 0 spiro atoms. The van der Waals surface area contributed by atoms with Crippen LogP contribution in [0.5, 0.6) is 0 Å². The van der Waals surface area contributed by atoms with Crippen LogP contribution < -0.4 is 4.90 Å². The van der Waals surface area contributed by atoms with E-state index in [1.807, 2.05) is 24.3 Å². The van der Waals surface area contributed by atoms with E-state index in [4.69, 9.17) is 4.74 Å². The average molecular weight is 480 g/mol. The molecule has 7 nitrogen and oxygen atoms in total. The third kappa shape index (κ3) is 5.03. The molecular formula is C23H33N3O4S2. The SMILES string of the molecule is C[C@H]1COCCN1CC1CN(S(=O)(=O)c2cccs2)CCN1c1ccc(C(C)(C)O)cc1. The van der Waals surface area contributed by atoms with Crippen LogP contribution in [0, 0.1) is 0 Å². The summed E-state index contributed by atoms with van der Waals surface area (Å²) in [6.07, 6.45) is 0. The summed E-state index contributed by atoms with van der Waals surface area (Å²) >= 11 is 1.27. The third-order valence-electron chi connectivity index (χ3n) is 6.39. The summed E-state index contributed by atoms with van der Waals surface area (Å²) in [7, 11) is -3.49. The van der Waals surface area contributed by atoms with Gasteiger partial charge in [-0.1, -0.05) is 18.2 Å². The highest BCUT2D eigenvalue weighted by Gasteiger charge is 2.36. The van der Waals surface area contributed by atoms with E-state index >= 15 is 0 Å². The second-order valence-electron chi connectivity index (χ2n) is 9.17. The molecule has 2 fully saturated rings. The Hall–Kier alpha value is -1.49. The van der Waals surface area contributed by atoms with Gasteiger partial charge in [-0.2, -0.15) is 4.31 Å². The topological polar surface area (TPSA) is 73.3 Å². The molecule has 9 heteroatoms. The van der Waals surface area contributed by atoms with Crippen LogP contribution in [0.4, 0.5) is 5.69 Å². The smallest absolute Gasteiger partial charge is 0.252 e. The Labute approximate surface area is 195 Å². The number of thiophene rings is 1. The maximum absolute atomic E-state index is 13.2. The Morgan fingerprint density at radius 3 is 2.53 bits per heavy atom. The average Bonchev–Trinajstić information content (AvgIpc) is 3.31. The van der Waals surface area contributed by atoms with Gasteiger partial charge in [0, 0.05) is 44.5 Å². The second kappa shape index (κ2) is 9.40. The molecule has 0 aliphatic carbocycles. The van der Waals surface area contributed by atoms with Gasteiger partial charge in [-0.15, -0.1) is 11.3 Å². The van der Waals surface area contributed by atoms with Gasteiger partial charge in [0.25, 0.3) is 10.0 Å². The van der Waals surface area contributed by atoms with Crippen molar-refractivity contribution in [1.82, 2.24) is 9.21 Å². The molecule has 0 bridgehead atoms. The van der Waals surface area contributed by atoms with E-state index in [-0.39, 0.29) is 6.04 Å². The summed E-state index contributed by atoms with van der Waals surface area (Å²) in [6, 6.07) is 11.8. The normalized spacial score (nSPS) is 24.1. The highest BCUT2D eigenvalue weighted by atomic mass is 32.2. The molecule has 1 unspecified atom stereocenters. The maximum Gasteiger partial charge on any atom is 0.252 e. The minimum absolute atomic E-state index is 0.0204. The van der Waals surface area contributed by atoms with Crippen molar-refractivity contribution in [2.45, 2.75) is 42.7 Å². The van der Waals surface area contributed by atoms with Crippen LogP contribution in [-0.4, -0.2) is 80.8 Å². The minimum atomic E-state index is -3.49. The van der Waals surface area contributed by atoms with Crippen molar-refractivity contribution in [3.05, 3.63) is 47.3 Å². The number of morpholine rings is 1. The van der Waals surface area contributed by atoms with Gasteiger partial charge in [-0.3, -0.25) is 4.90 Å². The fourth-order valence-electron chi connectivity index (χ4n) is 4.44. The first-order valence-electron chi connectivity index (χ1n) is 11.1. The van der Waals surface area contributed by atoms with Gasteiger partial charge in [0.15, 0.2) is 0 Å². The molecule has 0 saturated carbocycles. The molecule has 4 rings (SSSR count). The van der Waals surface area contributed by atoms with E-state index in [1.54, 1.807) is 35.7 Å². The predicted octanol–water partition coefficient (Wildman–Crippen LogP) is 2.58. The number of piperazine rings is 1. The second-order valence-corrected chi connectivity index (χ2v) is 12.3. The molecule has 1 N–H and O–H groups in total. The van der Waals surface area contributed by atoms with Crippen molar-refractivity contribution in [3.8, 4) is 0 Å². The van der Waals surface area contributed by atoms with Crippen molar-refractivity contribution in [1.29, 1.82) is 0 Å². The summed E-state index contributed by atoms with van der Waals surface area (Å²) in [4.78, 5) is 4.71. The number of hydrogen-bond donors (Lipinski definition) is 1. The number of hydrogen-bond acceptors (Lipinski definition) is 7. The van der Waals surface area contributed by atoms with Gasteiger partial charge in [-0.25, -0.2) is 8.42 Å². The van der Waals surface area contributed by atoms with E-state index in [9.17, 15) is 13.5 Å². The highest BCUT2D eigenvalue weighted by molar-refractivity contribution is 7.91. The van der Waals surface area contributed by atoms with Crippen LogP contribution >= 0.6 is 11.3 Å². The van der Waals surface area contributed by atoms with Crippen LogP contribution in [0.15, 0.2) is 46.0 Å². The van der Waals surface area contributed by atoms with E-state index in [1.165, 1.54) is 11.3 Å². The van der Waals surface area contributed by atoms with E-state index < -0.39 is 15.6 Å². The number of benzene rings is 1. The quantitative estimate of drug-likeness (QED) is 0.687. The van der Waals surface area contributed by atoms with Gasteiger partial charge in [0.05, 0.1) is 24.9 Å². The predicted molar refractivity (Wildman–Crippen MR) is 128 cm³/mol. The van der Waals surface area contributed by atoms with Crippen LogP contribution in [-0.2, 0) is 20.4 Å². The zero-order chi connectivity index (χ0) is 22.9. The molecule has 3 heterocycles. The zero-order valence-electron chi connectivity index (χ0n) is 19.0. The Morgan fingerprint density at radius 2 is 1.91 bits per heavy atom. The fourth-order valence-corrected chi connectivity index (χ4v) is 7.06. The highest BCUT2D eigenvalue weighted by Crippen LogP contribution is 2.29. The number of aliphatic hydroxyl groups is 1. The molecule has 2 saturated heterocycles. The summed E-state index contributed by atoms with van der Waals surface area (Å²) in [6.45, 7) is 10.2. The molecule has 2 aliphatic rings. The molecule has 2 atom stereocenters. The van der Waals surface area contributed by atoms with Crippen LogP contribution in [0.25, 0.3) is 0 Å². The summed E-state index contributed by atoms with van der Waals surface area (Å²) in [5.74, 6) is 0. The van der Waals surface area contributed by atoms with Gasteiger partial charge in [-0.05, 0) is 49.9 Å². The van der Waals surface area contributed by atoms with Crippen molar-refractivity contribution >= 4 is 27.0 Å².